The maximum absolute atomic E-state index is 11.5. The summed E-state index contributed by atoms with van der Waals surface area (Å²) in [5, 5.41) is 13.5. The highest BCUT2D eigenvalue weighted by atomic mass is 32.2. The van der Waals surface area contributed by atoms with Gasteiger partial charge in [-0.2, -0.15) is 8.42 Å². The lowest BCUT2D eigenvalue weighted by molar-refractivity contribution is 0.170. The summed E-state index contributed by atoms with van der Waals surface area (Å²) in [5.41, 5.74) is 3.74. The number of rotatable bonds is 8. The van der Waals surface area contributed by atoms with Crippen molar-refractivity contribution in [1.29, 1.82) is 0 Å². The minimum absolute atomic E-state index is 0.146. The monoisotopic (exact) mass is 377 g/mol. The smallest absolute Gasteiger partial charge is 0.294 e. The SMILES string of the molecule is Cc1ccc(S(=O)(=O)O)c(CC(O)CNCc2ccccc2C(C)C)c1. The number of hydrogen-bond acceptors (Lipinski definition) is 4. The molecule has 0 aliphatic heterocycles. The first-order chi connectivity index (χ1) is 12.2. The molecule has 1 unspecified atom stereocenters. The Morgan fingerprint density at radius 3 is 2.42 bits per heavy atom. The van der Waals surface area contributed by atoms with Gasteiger partial charge in [-0.3, -0.25) is 4.55 Å². The van der Waals surface area contributed by atoms with E-state index < -0.39 is 16.2 Å². The van der Waals surface area contributed by atoms with Gasteiger partial charge in [0.15, 0.2) is 0 Å². The van der Waals surface area contributed by atoms with Crippen LogP contribution in [0, 0.1) is 6.92 Å². The number of aliphatic hydroxyl groups excluding tert-OH is 1. The molecule has 0 aliphatic rings. The molecule has 1 atom stereocenters. The standard InChI is InChI=1S/C20H27NO4S/c1-14(2)19-7-5-4-6-16(19)12-21-13-18(22)11-17-10-15(3)8-9-20(17)26(23,24)25/h4-10,14,18,21-22H,11-13H2,1-3H3,(H,23,24,25). The maximum Gasteiger partial charge on any atom is 0.294 e. The van der Waals surface area contributed by atoms with Gasteiger partial charge < -0.3 is 10.4 Å². The van der Waals surface area contributed by atoms with Crippen LogP contribution in [-0.4, -0.2) is 30.7 Å². The average Bonchev–Trinajstić information content (AvgIpc) is 2.54. The highest BCUT2D eigenvalue weighted by Crippen LogP contribution is 2.20. The average molecular weight is 378 g/mol. The van der Waals surface area contributed by atoms with Crippen LogP contribution in [0.25, 0.3) is 0 Å². The second-order valence-electron chi connectivity index (χ2n) is 6.93. The molecule has 5 nitrogen and oxygen atoms in total. The summed E-state index contributed by atoms with van der Waals surface area (Å²) in [7, 11) is -4.31. The van der Waals surface area contributed by atoms with Gasteiger partial charge in [0.25, 0.3) is 10.1 Å². The summed E-state index contributed by atoms with van der Waals surface area (Å²) in [4.78, 5) is -0.146. The largest absolute Gasteiger partial charge is 0.391 e. The van der Waals surface area contributed by atoms with Crippen molar-refractivity contribution in [2.75, 3.05) is 6.54 Å². The van der Waals surface area contributed by atoms with E-state index in [2.05, 4.69) is 31.3 Å². The van der Waals surface area contributed by atoms with Gasteiger partial charge in [-0.05, 0) is 35.6 Å². The normalized spacial score (nSPS) is 13.2. The molecule has 26 heavy (non-hydrogen) atoms. The van der Waals surface area contributed by atoms with Crippen LogP contribution in [-0.2, 0) is 23.1 Å². The van der Waals surface area contributed by atoms with Gasteiger partial charge in [0.05, 0.1) is 11.0 Å². The van der Waals surface area contributed by atoms with Crippen molar-refractivity contribution in [2.24, 2.45) is 0 Å². The van der Waals surface area contributed by atoms with E-state index in [-0.39, 0.29) is 11.3 Å². The van der Waals surface area contributed by atoms with E-state index >= 15 is 0 Å². The summed E-state index contributed by atoms with van der Waals surface area (Å²) in [6.45, 7) is 7.07. The molecule has 0 saturated heterocycles. The first kappa shape index (κ1) is 20.6. The number of aryl methyl sites for hydroxylation is 1. The molecule has 0 aromatic heterocycles. The summed E-state index contributed by atoms with van der Waals surface area (Å²) >= 11 is 0. The minimum atomic E-state index is -4.31. The predicted octanol–water partition coefficient (Wildman–Crippen LogP) is 3.06. The molecule has 0 aliphatic carbocycles. The molecule has 0 heterocycles. The molecular formula is C20H27NO4S. The molecule has 6 heteroatoms. The van der Waals surface area contributed by atoms with Crippen molar-refractivity contribution in [3.8, 4) is 0 Å². The molecule has 3 N–H and O–H groups in total. The Balaban J connectivity index is 2.00. The Morgan fingerprint density at radius 2 is 1.77 bits per heavy atom. The molecule has 0 fully saturated rings. The third-order valence-electron chi connectivity index (χ3n) is 4.32. The van der Waals surface area contributed by atoms with Gasteiger partial charge in [0.2, 0.25) is 0 Å². The molecule has 2 aromatic rings. The predicted molar refractivity (Wildman–Crippen MR) is 103 cm³/mol. The fraction of sp³-hybridized carbons (Fsp3) is 0.400. The van der Waals surface area contributed by atoms with Gasteiger partial charge >= 0.3 is 0 Å². The van der Waals surface area contributed by atoms with Crippen LogP contribution >= 0.6 is 0 Å². The van der Waals surface area contributed by atoms with Gasteiger partial charge in [0, 0.05) is 19.5 Å². The topological polar surface area (TPSA) is 86.6 Å². The van der Waals surface area contributed by atoms with Gasteiger partial charge in [-0.15, -0.1) is 0 Å². The quantitative estimate of drug-likeness (QED) is 0.616. The van der Waals surface area contributed by atoms with Crippen molar-refractivity contribution in [3.63, 3.8) is 0 Å². The molecule has 2 aromatic carbocycles. The molecule has 142 valence electrons. The van der Waals surface area contributed by atoms with Crippen LogP contribution in [0.15, 0.2) is 47.4 Å². The van der Waals surface area contributed by atoms with Crippen molar-refractivity contribution < 1.29 is 18.1 Å². The number of aliphatic hydroxyl groups is 1. The van der Waals surface area contributed by atoms with E-state index in [1.165, 1.54) is 17.2 Å². The van der Waals surface area contributed by atoms with Crippen LogP contribution < -0.4 is 5.32 Å². The lowest BCUT2D eigenvalue weighted by Crippen LogP contribution is -2.29. The van der Waals surface area contributed by atoms with Crippen LogP contribution in [0.4, 0.5) is 0 Å². The van der Waals surface area contributed by atoms with E-state index in [9.17, 15) is 18.1 Å². The fourth-order valence-electron chi connectivity index (χ4n) is 3.08. The highest BCUT2D eigenvalue weighted by Gasteiger charge is 2.18. The van der Waals surface area contributed by atoms with Gasteiger partial charge in [-0.25, -0.2) is 0 Å². The van der Waals surface area contributed by atoms with Gasteiger partial charge in [0.1, 0.15) is 0 Å². The molecule has 0 saturated carbocycles. The molecule has 0 bridgehead atoms. The van der Waals surface area contributed by atoms with Crippen molar-refractivity contribution >= 4 is 10.1 Å². The molecular weight excluding hydrogens is 350 g/mol. The van der Waals surface area contributed by atoms with E-state index in [1.807, 2.05) is 19.1 Å². The van der Waals surface area contributed by atoms with E-state index in [0.717, 1.165) is 5.56 Å². The number of hydrogen-bond donors (Lipinski definition) is 3. The van der Waals surface area contributed by atoms with Crippen LogP contribution in [0.5, 0.6) is 0 Å². The molecule has 0 spiro atoms. The second-order valence-corrected chi connectivity index (χ2v) is 8.32. The van der Waals surface area contributed by atoms with Crippen LogP contribution in [0.1, 0.15) is 42.0 Å². The second kappa shape index (κ2) is 8.77. The van der Waals surface area contributed by atoms with Crippen LogP contribution in [0.3, 0.4) is 0 Å². The fourth-order valence-corrected chi connectivity index (χ4v) is 3.79. The maximum atomic E-state index is 11.5. The zero-order valence-electron chi connectivity index (χ0n) is 15.4. The first-order valence-electron chi connectivity index (χ1n) is 8.72. The molecule has 2 rings (SSSR count). The van der Waals surface area contributed by atoms with E-state index in [4.69, 9.17) is 0 Å². The summed E-state index contributed by atoms with van der Waals surface area (Å²) in [6.07, 6.45) is -0.612. The van der Waals surface area contributed by atoms with E-state index in [0.29, 0.717) is 24.6 Å². The summed E-state index contributed by atoms with van der Waals surface area (Å²) in [5.74, 6) is 0.419. The molecule has 0 amide bonds. The molecule has 0 radical (unpaired) electrons. The third-order valence-corrected chi connectivity index (χ3v) is 5.28. The number of benzene rings is 2. The van der Waals surface area contributed by atoms with Crippen molar-refractivity contribution in [1.82, 2.24) is 5.32 Å². The first-order valence-corrected chi connectivity index (χ1v) is 10.2. The number of nitrogens with one attached hydrogen (secondary N) is 1. The minimum Gasteiger partial charge on any atom is -0.391 e. The Labute approximate surface area is 155 Å². The zero-order valence-corrected chi connectivity index (χ0v) is 16.3. The van der Waals surface area contributed by atoms with E-state index in [1.54, 1.807) is 12.1 Å². The zero-order chi connectivity index (χ0) is 19.3. The Morgan fingerprint density at radius 1 is 1.08 bits per heavy atom. The Kier molecular flexibility index (Phi) is 6.94. The lowest BCUT2D eigenvalue weighted by atomic mass is 9.97. The third kappa shape index (κ3) is 5.64. The van der Waals surface area contributed by atoms with Crippen LogP contribution in [0.2, 0.25) is 0 Å². The lowest BCUT2D eigenvalue weighted by Gasteiger charge is -2.16. The summed E-state index contributed by atoms with van der Waals surface area (Å²) < 4.78 is 32.4. The van der Waals surface area contributed by atoms with Crippen molar-refractivity contribution in [2.45, 2.75) is 50.7 Å². The Bertz CT molecular complexity index is 847. The van der Waals surface area contributed by atoms with Crippen molar-refractivity contribution in [3.05, 3.63) is 64.7 Å². The Hall–Kier alpha value is -1.73. The van der Waals surface area contributed by atoms with Gasteiger partial charge in [-0.1, -0.05) is 55.8 Å². The summed E-state index contributed by atoms with van der Waals surface area (Å²) in [6, 6.07) is 12.8. The highest BCUT2D eigenvalue weighted by molar-refractivity contribution is 7.85.